The van der Waals surface area contributed by atoms with E-state index in [0.717, 1.165) is 0 Å². The Labute approximate surface area is 66.2 Å². The predicted octanol–water partition coefficient (Wildman–Crippen LogP) is -0.744. The summed E-state index contributed by atoms with van der Waals surface area (Å²) in [5.41, 5.74) is 0. The topological polar surface area (TPSA) is 69.6 Å². The minimum absolute atomic E-state index is 0.0662. The van der Waals surface area contributed by atoms with Crippen LogP contribution in [0.5, 0.6) is 0 Å². The maximum Gasteiger partial charge on any atom is 0.216 e. The van der Waals surface area contributed by atoms with Crippen LogP contribution in [0.4, 0.5) is 0 Å². The summed E-state index contributed by atoms with van der Waals surface area (Å²) >= 11 is 0. The molecule has 0 radical (unpaired) electrons. The van der Waals surface area contributed by atoms with Crippen LogP contribution in [0.1, 0.15) is 19.8 Å². The van der Waals surface area contributed by atoms with Crippen LogP contribution in [-0.2, 0) is 4.79 Å². The van der Waals surface area contributed by atoms with Crippen molar-refractivity contribution < 1.29 is 15.0 Å². The second-order valence-electron chi connectivity index (χ2n) is 2.46. The Balaban J connectivity index is 3.08. The summed E-state index contributed by atoms with van der Waals surface area (Å²) in [5, 5.41) is 19.9. The third-order valence-electron chi connectivity index (χ3n) is 1.30. The van der Waals surface area contributed by atoms with Gasteiger partial charge in [0.1, 0.15) is 0 Å². The number of nitrogens with one attached hydrogen (secondary N) is 1. The second-order valence-corrected chi connectivity index (χ2v) is 2.46. The van der Waals surface area contributed by atoms with Gasteiger partial charge in [-0.1, -0.05) is 0 Å². The molecule has 1 unspecified atom stereocenters. The zero-order valence-corrected chi connectivity index (χ0v) is 6.71. The molecular formula is C7H15NO3. The van der Waals surface area contributed by atoms with Crippen LogP contribution in [0, 0.1) is 0 Å². The van der Waals surface area contributed by atoms with E-state index in [4.69, 9.17) is 10.2 Å². The summed E-state index contributed by atoms with van der Waals surface area (Å²) < 4.78 is 0. The van der Waals surface area contributed by atoms with E-state index in [1.165, 1.54) is 6.92 Å². The number of aliphatic hydroxyl groups is 2. The van der Waals surface area contributed by atoms with E-state index in [2.05, 4.69) is 5.32 Å². The lowest BCUT2D eigenvalue weighted by molar-refractivity contribution is -0.118. The average molecular weight is 161 g/mol. The van der Waals surface area contributed by atoms with Gasteiger partial charge in [-0.2, -0.15) is 0 Å². The monoisotopic (exact) mass is 161 g/mol. The first kappa shape index (κ1) is 10.4. The summed E-state index contributed by atoms with van der Waals surface area (Å²) in [6.45, 7) is 1.80. The van der Waals surface area contributed by atoms with Gasteiger partial charge in [-0.15, -0.1) is 0 Å². The van der Waals surface area contributed by atoms with Crippen molar-refractivity contribution >= 4 is 5.91 Å². The Kier molecular flexibility index (Phi) is 5.78. The zero-order valence-electron chi connectivity index (χ0n) is 6.71. The number of hydrogen-bond donors (Lipinski definition) is 3. The molecule has 4 heteroatoms. The molecule has 0 aliphatic heterocycles. The van der Waals surface area contributed by atoms with Crippen LogP contribution in [0.3, 0.4) is 0 Å². The van der Waals surface area contributed by atoms with Crippen molar-refractivity contribution in [1.82, 2.24) is 5.32 Å². The molecule has 0 saturated heterocycles. The fourth-order valence-corrected chi connectivity index (χ4v) is 0.693. The Morgan fingerprint density at radius 3 is 2.73 bits per heavy atom. The van der Waals surface area contributed by atoms with E-state index in [9.17, 15) is 4.79 Å². The molecule has 0 spiro atoms. The second kappa shape index (κ2) is 6.12. The SMILES string of the molecule is CC(=O)NCCCC(O)CO. The van der Waals surface area contributed by atoms with Crippen LogP contribution in [0.2, 0.25) is 0 Å². The molecule has 0 fully saturated rings. The summed E-state index contributed by atoms with van der Waals surface area (Å²) in [6, 6.07) is 0. The highest BCUT2D eigenvalue weighted by atomic mass is 16.3. The normalized spacial score (nSPS) is 12.6. The quantitative estimate of drug-likeness (QED) is 0.465. The number of rotatable bonds is 5. The molecule has 0 saturated carbocycles. The Hall–Kier alpha value is -0.610. The van der Waals surface area contributed by atoms with E-state index in [1.54, 1.807) is 0 Å². The largest absolute Gasteiger partial charge is 0.394 e. The molecule has 0 aromatic heterocycles. The third-order valence-corrected chi connectivity index (χ3v) is 1.30. The molecule has 0 aliphatic rings. The molecule has 0 aliphatic carbocycles. The fourth-order valence-electron chi connectivity index (χ4n) is 0.693. The van der Waals surface area contributed by atoms with Crippen molar-refractivity contribution in [3.63, 3.8) is 0 Å². The van der Waals surface area contributed by atoms with Crippen molar-refractivity contribution in [2.24, 2.45) is 0 Å². The first-order valence-corrected chi connectivity index (χ1v) is 3.70. The van der Waals surface area contributed by atoms with Gasteiger partial charge in [0.05, 0.1) is 12.7 Å². The molecule has 0 rings (SSSR count). The van der Waals surface area contributed by atoms with Gasteiger partial charge in [-0.05, 0) is 12.8 Å². The van der Waals surface area contributed by atoms with E-state index in [0.29, 0.717) is 19.4 Å². The molecule has 0 heterocycles. The minimum atomic E-state index is -0.649. The van der Waals surface area contributed by atoms with Crippen LogP contribution >= 0.6 is 0 Å². The number of aliphatic hydroxyl groups excluding tert-OH is 2. The lowest BCUT2D eigenvalue weighted by Gasteiger charge is -2.06. The molecule has 1 amide bonds. The van der Waals surface area contributed by atoms with Crippen molar-refractivity contribution in [3.8, 4) is 0 Å². The number of carbonyl (C=O) groups excluding carboxylic acids is 1. The predicted molar refractivity (Wildman–Crippen MR) is 41.0 cm³/mol. The lowest BCUT2D eigenvalue weighted by Crippen LogP contribution is -2.22. The molecule has 0 aromatic carbocycles. The van der Waals surface area contributed by atoms with Crippen molar-refractivity contribution in [3.05, 3.63) is 0 Å². The average Bonchev–Trinajstić information content (AvgIpc) is 1.97. The summed E-state index contributed by atoms with van der Waals surface area (Å²) in [5.74, 6) is -0.0662. The molecule has 0 aromatic rings. The molecular weight excluding hydrogens is 146 g/mol. The summed E-state index contributed by atoms with van der Waals surface area (Å²) in [7, 11) is 0. The molecule has 1 atom stereocenters. The van der Waals surface area contributed by atoms with E-state index in [-0.39, 0.29) is 12.5 Å². The van der Waals surface area contributed by atoms with E-state index in [1.807, 2.05) is 0 Å². The number of amides is 1. The molecule has 11 heavy (non-hydrogen) atoms. The van der Waals surface area contributed by atoms with Gasteiger partial charge >= 0.3 is 0 Å². The maximum absolute atomic E-state index is 10.3. The van der Waals surface area contributed by atoms with Crippen LogP contribution in [0.25, 0.3) is 0 Å². The highest BCUT2D eigenvalue weighted by molar-refractivity contribution is 5.72. The van der Waals surface area contributed by atoms with Crippen molar-refractivity contribution in [1.29, 1.82) is 0 Å². The van der Waals surface area contributed by atoms with Crippen LogP contribution in [-0.4, -0.2) is 35.4 Å². The Morgan fingerprint density at radius 2 is 2.27 bits per heavy atom. The first-order valence-electron chi connectivity index (χ1n) is 3.70. The zero-order chi connectivity index (χ0) is 8.69. The molecule has 4 nitrogen and oxygen atoms in total. The Bertz CT molecular complexity index is 116. The maximum atomic E-state index is 10.3. The first-order chi connectivity index (χ1) is 5.16. The number of carbonyl (C=O) groups is 1. The fraction of sp³-hybridized carbons (Fsp3) is 0.857. The van der Waals surface area contributed by atoms with Crippen LogP contribution in [0.15, 0.2) is 0 Å². The summed E-state index contributed by atoms with van der Waals surface area (Å²) in [4.78, 5) is 10.3. The van der Waals surface area contributed by atoms with Crippen LogP contribution < -0.4 is 5.32 Å². The minimum Gasteiger partial charge on any atom is -0.394 e. The molecule has 66 valence electrons. The van der Waals surface area contributed by atoms with Gasteiger partial charge < -0.3 is 15.5 Å². The molecule has 0 bridgehead atoms. The van der Waals surface area contributed by atoms with Crippen molar-refractivity contribution in [2.75, 3.05) is 13.2 Å². The highest BCUT2D eigenvalue weighted by Gasteiger charge is 2.00. The Morgan fingerprint density at radius 1 is 1.64 bits per heavy atom. The molecule has 3 N–H and O–H groups in total. The third kappa shape index (κ3) is 7.29. The standard InChI is InChI=1S/C7H15NO3/c1-6(10)8-4-2-3-7(11)5-9/h7,9,11H,2-5H2,1H3,(H,8,10). The highest BCUT2D eigenvalue weighted by Crippen LogP contribution is 1.93. The number of hydrogen-bond acceptors (Lipinski definition) is 3. The van der Waals surface area contributed by atoms with Gasteiger partial charge in [0, 0.05) is 13.5 Å². The van der Waals surface area contributed by atoms with Gasteiger partial charge in [0.25, 0.3) is 0 Å². The lowest BCUT2D eigenvalue weighted by atomic mass is 10.2. The summed E-state index contributed by atoms with van der Waals surface area (Å²) in [6.07, 6.45) is 0.571. The smallest absolute Gasteiger partial charge is 0.216 e. The van der Waals surface area contributed by atoms with Gasteiger partial charge in [0.2, 0.25) is 5.91 Å². The van der Waals surface area contributed by atoms with E-state index >= 15 is 0 Å². The van der Waals surface area contributed by atoms with Crippen molar-refractivity contribution in [2.45, 2.75) is 25.9 Å². The van der Waals surface area contributed by atoms with E-state index < -0.39 is 6.10 Å². The van der Waals surface area contributed by atoms with Gasteiger partial charge in [-0.25, -0.2) is 0 Å². The van der Waals surface area contributed by atoms with Gasteiger partial charge in [-0.3, -0.25) is 4.79 Å². The van der Waals surface area contributed by atoms with Gasteiger partial charge in [0.15, 0.2) is 0 Å².